The van der Waals surface area contributed by atoms with Gasteiger partial charge in [-0.25, -0.2) is 4.57 Å². The van der Waals surface area contributed by atoms with Crippen molar-refractivity contribution >= 4 is 13.8 Å². The molecule has 0 fully saturated rings. The summed E-state index contributed by atoms with van der Waals surface area (Å²) in [4.78, 5) is 22.5. The summed E-state index contributed by atoms with van der Waals surface area (Å²) in [5, 5.41) is 0. The summed E-state index contributed by atoms with van der Waals surface area (Å²) in [5.74, 6) is -0.350. The summed E-state index contributed by atoms with van der Waals surface area (Å²) in [6.45, 7) is 4.27. The molecule has 0 aliphatic carbocycles. The third-order valence-corrected chi connectivity index (χ3v) is 11.4. The second-order valence-electron chi connectivity index (χ2n) is 16.0. The van der Waals surface area contributed by atoms with Crippen molar-refractivity contribution in [2.75, 3.05) is 26.4 Å². The molecule has 0 aromatic carbocycles. The molecule has 332 valence electrons. The molecule has 0 amide bonds. The van der Waals surface area contributed by atoms with Gasteiger partial charge in [0.25, 0.3) is 0 Å². The first-order valence-corrected chi connectivity index (χ1v) is 25.4. The van der Waals surface area contributed by atoms with Gasteiger partial charge < -0.3 is 20.1 Å². The largest absolute Gasteiger partial charge is 0.498 e. The summed E-state index contributed by atoms with van der Waals surface area (Å²) >= 11 is 0. The van der Waals surface area contributed by atoms with Crippen LogP contribution in [0, 0.1) is 0 Å². The van der Waals surface area contributed by atoms with Crippen molar-refractivity contribution in [1.29, 1.82) is 0 Å². The first-order valence-electron chi connectivity index (χ1n) is 23.9. The molecule has 0 aromatic heterocycles. The summed E-state index contributed by atoms with van der Waals surface area (Å²) in [5.41, 5.74) is 5.37. The standard InChI is InChI=1S/C47H92NO7P/c1-3-5-7-9-11-13-15-17-19-21-22-23-24-25-26-28-30-32-34-36-38-40-47(49)55-46(45-54-56(50,51)53-43-41-48)44-52-42-39-37-35-33-31-29-27-20-18-16-14-12-10-8-6-4-2/h17,19,39,42,46H,3-16,18,20-38,40-41,43-45,48H2,1-2H3,(H,50,51)/t46-/m1/s1. The molecule has 9 heteroatoms. The van der Waals surface area contributed by atoms with Gasteiger partial charge in [0.15, 0.2) is 6.10 Å². The number of ether oxygens (including phenoxy) is 2. The van der Waals surface area contributed by atoms with Crippen LogP contribution < -0.4 is 5.73 Å². The van der Waals surface area contributed by atoms with Gasteiger partial charge in [0.2, 0.25) is 0 Å². The van der Waals surface area contributed by atoms with Gasteiger partial charge in [0, 0.05) is 13.0 Å². The van der Waals surface area contributed by atoms with E-state index in [4.69, 9.17) is 24.3 Å². The quantitative estimate of drug-likeness (QED) is 0.0205. The van der Waals surface area contributed by atoms with Crippen LogP contribution in [0.4, 0.5) is 0 Å². The maximum Gasteiger partial charge on any atom is 0.472 e. The topological polar surface area (TPSA) is 117 Å². The molecule has 1 unspecified atom stereocenters. The zero-order chi connectivity index (χ0) is 40.9. The van der Waals surface area contributed by atoms with E-state index < -0.39 is 13.9 Å². The predicted octanol–water partition coefficient (Wildman–Crippen LogP) is 14.8. The average Bonchev–Trinajstić information content (AvgIpc) is 3.19. The predicted molar refractivity (Wildman–Crippen MR) is 238 cm³/mol. The Kier molecular flexibility index (Phi) is 44.0. The van der Waals surface area contributed by atoms with Crippen molar-refractivity contribution in [2.45, 2.75) is 245 Å². The highest BCUT2D eigenvalue weighted by atomic mass is 31.2. The molecule has 0 saturated heterocycles. The monoisotopic (exact) mass is 814 g/mol. The smallest absolute Gasteiger partial charge is 0.472 e. The normalized spacial score (nSPS) is 13.5. The third-order valence-electron chi connectivity index (χ3n) is 10.4. The van der Waals surface area contributed by atoms with Gasteiger partial charge in [-0.05, 0) is 51.0 Å². The van der Waals surface area contributed by atoms with Crippen molar-refractivity contribution in [3.8, 4) is 0 Å². The van der Waals surface area contributed by atoms with Crippen LogP contribution in [0.25, 0.3) is 0 Å². The summed E-state index contributed by atoms with van der Waals surface area (Å²) < 4.78 is 33.3. The van der Waals surface area contributed by atoms with Crippen molar-refractivity contribution < 1.29 is 32.8 Å². The molecule has 0 bridgehead atoms. The van der Waals surface area contributed by atoms with Gasteiger partial charge >= 0.3 is 13.8 Å². The highest BCUT2D eigenvalue weighted by molar-refractivity contribution is 7.47. The molecular weight excluding hydrogens is 721 g/mol. The van der Waals surface area contributed by atoms with Gasteiger partial charge in [-0.2, -0.15) is 0 Å². The fraction of sp³-hybridized carbons (Fsp3) is 0.894. The number of allylic oxidation sites excluding steroid dienone is 3. The van der Waals surface area contributed by atoms with Gasteiger partial charge in [-0.3, -0.25) is 13.8 Å². The van der Waals surface area contributed by atoms with Crippen LogP contribution in [0.2, 0.25) is 0 Å². The number of carbonyl (C=O) groups is 1. The molecule has 0 rings (SSSR count). The van der Waals surface area contributed by atoms with Crippen LogP contribution in [0.1, 0.15) is 239 Å². The highest BCUT2D eigenvalue weighted by Crippen LogP contribution is 2.43. The Labute approximate surface area is 346 Å². The first-order chi connectivity index (χ1) is 27.4. The maximum atomic E-state index is 12.6. The molecule has 0 aromatic rings. The number of hydrogen-bond donors (Lipinski definition) is 2. The van der Waals surface area contributed by atoms with Gasteiger partial charge in [0.05, 0.1) is 19.5 Å². The maximum absolute atomic E-state index is 12.6. The SMILES string of the molecule is CCCCCCCCC=CCCCCCCCCCCCCCC(=O)O[C@H](COC=CCCCCCCCCCCCCCCCC)COP(=O)(O)OCCN. The molecule has 0 saturated carbocycles. The van der Waals surface area contributed by atoms with Crippen LogP contribution >= 0.6 is 7.82 Å². The fourth-order valence-corrected chi connectivity index (χ4v) is 7.67. The number of carbonyl (C=O) groups excluding carboxylic acids is 1. The summed E-state index contributed by atoms with van der Waals surface area (Å²) in [7, 11) is -4.29. The van der Waals surface area contributed by atoms with Crippen molar-refractivity contribution in [3.05, 3.63) is 24.5 Å². The number of phosphoric ester groups is 1. The number of unbranched alkanes of at least 4 members (excludes halogenated alkanes) is 31. The number of rotatable bonds is 46. The minimum Gasteiger partial charge on any atom is -0.498 e. The van der Waals surface area contributed by atoms with E-state index in [9.17, 15) is 14.3 Å². The lowest BCUT2D eigenvalue weighted by Crippen LogP contribution is -2.27. The van der Waals surface area contributed by atoms with Crippen LogP contribution in [0.5, 0.6) is 0 Å². The average molecular weight is 814 g/mol. The Morgan fingerprint density at radius 2 is 0.911 bits per heavy atom. The molecule has 0 aliphatic rings. The van der Waals surface area contributed by atoms with Crippen LogP contribution in [0.3, 0.4) is 0 Å². The summed E-state index contributed by atoms with van der Waals surface area (Å²) in [6, 6.07) is 0. The zero-order valence-electron chi connectivity index (χ0n) is 36.9. The Hall–Kier alpha value is -1.18. The van der Waals surface area contributed by atoms with Crippen molar-refractivity contribution in [1.82, 2.24) is 0 Å². The lowest BCUT2D eigenvalue weighted by Gasteiger charge is -2.19. The lowest BCUT2D eigenvalue weighted by molar-refractivity contribution is -0.153. The van der Waals surface area contributed by atoms with E-state index in [1.165, 1.54) is 186 Å². The van der Waals surface area contributed by atoms with Crippen LogP contribution in [-0.2, 0) is 27.9 Å². The Morgan fingerprint density at radius 3 is 1.32 bits per heavy atom. The zero-order valence-corrected chi connectivity index (χ0v) is 37.8. The highest BCUT2D eigenvalue weighted by Gasteiger charge is 2.25. The Morgan fingerprint density at radius 1 is 0.536 bits per heavy atom. The van der Waals surface area contributed by atoms with E-state index >= 15 is 0 Å². The fourth-order valence-electron chi connectivity index (χ4n) is 6.90. The second kappa shape index (κ2) is 44.9. The summed E-state index contributed by atoms with van der Waals surface area (Å²) in [6.07, 6.45) is 51.5. The number of hydrogen-bond acceptors (Lipinski definition) is 7. The van der Waals surface area contributed by atoms with E-state index in [0.29, 0.717) is 6.42 Å². The molecule has 0 spiro atoms. The van der Waals surface area contributed by atoms with E-state index in [0.717, 1.165) is 32.1 Å². The molecule has 0 radical (unpaired) electrons. The number of esters is 1. The molecule has 0 heterocycles. The third kappa shape index (κ3) is 43.9. The Balaban J connectivity index is 3.98. The van der Waals surface area contributed by atoms with E-state index in [1.807, 2.05) is 6.08 Å². The molecular formula is C47H92NO7P. The van der Waals surface area contributed by atoms with E-state index in [-0.39, 0.29) is 32.3 Å². The van der Waals surface area contributed by atoms with Crippen molar-refractivity contribution in [2.24, 2.45) is 5.73 Å². The van der Waals surface area contributed by atoms with Gasteiger partial charge in [0.1, 0.15) is 6.61 Å². The van der Waals surface area contributed by atoms with Crippen molar-refractivity contribution in [3.63, 3.8) is 0 Å². The first kappa shape index (κ1) is 54.8. The second-order valence-corrected chi connectivity index (χ2v) is 17.5. The molecule has 0 aliphatic heterocycles. The van der Waals surface area contributed by atoms with Gasteiger partial charge in [-0.1, -0.05) is 199 Å². The lowest BCUT2D eigenvalue weighted by atomic mass is 10.0. The van der Waals surface area contributed by atoms with E-state index in [1.54, 1.807) is 6.26 Å². The molecule has 3 N–H and O–H groups in total. The number of phosphoric acid groups is 1. The van der Waals surface area contributed by atoms with Crippen LogP contribution in [-0.4, -0.2) is 43.3 Å². The minimum atomic E-state index is -4.29. The Bertz CT molecular complexity index is 915. The molecule has 2 atom stereocenters. The van der Waals surface area contributed by atoms with E-state index in [2.05, 4.69) is 26.0 Å². The van der Waals surface area contributed by atoms with Gasteiger partial charge in [-0.15, -0.1) is 0 Å². The molecule has 8 nitrogen and oxygen atoms in total. The minimum absolute atomic E-state index is 0.0359. The number of nitrogens with two attached hydrogens (primary N) is 1. The molecule has 56 heavy (non-hydrogen) atoms. The van der Waals surface area contributed by atoms with Crippen LogP contribution in [0.15, 0.2) is 24.5 Å².